The fourth-order valence-corrected chi connectivity index (χ4v) is 2.40. The standard InChI is InChI=1S/C17H32N2O9/c1-17(2,3)28-16(24)19-7-8-26-15-14(23)13(22)12(21)10(27-15)9-18-6-5-11(20)25-4/h10,12-15,18,21-23H,5-9H2,1-4H3,(H,19,24)/t10-,12+,13+,14-,15-/m1/s1. The van der Waals surface area contributed by atoms with E-state index in [1.807, 2.05) is 0 Å². The molecule has 1 aliphatic heterocycles. The van der Waals surface area contributed by atoms with Crippen molar-refractivity contribution >= 4 is 12.1 Å². The summed E-state index contributed by atoms with van der Waals surface area (Å²) in [6.45, 7) is 5.72. The Morgan fingerprint density at radius 1 is 1.07 bits per heavy atom. The van der Waals surface area contributed by atoms with Gasteiger partial charge in [0, 0.05) is 19.6 Å². The van der Waals surface area contributed by atoms with Crippen molar-refractivity contribution < 1.29 is 43.9 Å². The van der Waals surface area contributed by atoms with Crippen molar-refractivity contribution in [2.24, 2.45) is 0 Å². The Morgan fingerprint density at radius 3 is 2.36 bits per heavy atom. The summed E-state index contributed by atoms with van der Waals surface area (Å²) >= 11 is 0. The summed E-state index contributed by atoms with van der Waals surface area (Å²) in [5.41, 5.74) is -0.623. The van der Waals surface area contributed by atoms with Gasteiger partial charge >= 0.3 is 12.1 Å². The number of carbonyl (C=O) groups excluding carboxylic acids is 2. The van der Waals surface area contributed by atoms with Gasteiger partial charge in [-0.3, -0.25) is 4.79 Å². The first-order valence-electron chi connectivity index (χ1n) is 9.11. The summed E-state index contributed by atoms with van der Waals surface area (Å²) in [5, 5.41) is 35.4. The molecule has 1 amide bonds. The number of alkyl carbamates (subject to hydrolysis) is 1. The molecule has 1 heterocycles. The Kier molecular flexibility index (Phi) is 10.1. The molecular weight excluding hydrogens is 376 g/mol. The highest BCUT2D eigenvalue weighted by atomic mass is 16.7. The molecule has 1 fully saturated rings. The van der Waals surface area contributed by atoms with Gasteiger partial charge in [0.1, 0.15) is 30.0 Å². The highest BCUT2D eigenvalue weighted by Crippen LogP contribution is 2.21. The van der Waals surface area contributed by atoms with Gasteiger partial charge in [-0.1, -0.05) is 0 Å². The molecule has 0 radical (unpaired) electrons. The number of aliphatic hydroxyl groups is 3. The van der Waals surface area contributed by atoms with Gasteiger partial charge in [0.15, 0.2) is 6.29 Å². The largest absolute Gasteiger partial charge is 0.469 e. The maximum atomic E-state index is 11.6. The molecule has 28 heavy (non-hydrogen) atoms. The SMILES string of the molecule is COC(=O)CCNC[C@H]1O[C@@H](OCCNC(=O)OC(C)(C)C)[C@H](O)[C@@H](O)[C@H]1O. The van der Waals surface area contributed by atoms with E-state index < -0.39 is 42.4 Å². The molecule has 1 saturated heterocycles. The highest BCUT2D eigenvalue weighted by Gasteiger charge is 2.44. The first kappa shape index (κ1) is 24.5. The predicted octanol–water partition coefficient (Wildman–Crippen LogP) is -1.51. The summed E-state index contributed by atoms with van der Waals surface area (Å²) in [6.07, 6.45) is -6.77. The average Bonchev–Trinajstić information content (AvgIpc) is 2.61. The minimum absolute atomic E-state index is 0.00766. The fourth-order valence-electron chi connectivity index (χ4n) is 2.40. The lowest BCUT2D eigenvalue weighted by Crippen LogP contribution is -2.60. The lowest BCUT2D eigenvalue weighted by Gasteiger charge is -2.40. The lowest BCUT2D eigenvalue weighted by molar-refractivity contribution is -0.294. The summed E-state index contributed by atoms with van der Waals surface area (Å²) in [4.78, 5) is 22.6. The van der Waals surface area contributed by atoms with Crippen LogP contribution in [-0.2, 0) is 23.7 Å². The van der Waals surface area contributed by atoms with Gasteiger partial charge in [0.25, 0.3) is 0 Å². The first-order chi connectivity index (χ1) is 13.0. The van der Waals surface area contributed by atoms with Crippen LogP contribution in [0.5, 0.6) is 0 Å². The minimum atomic E-state index is -1.47. The molecule has 0 spiro atoms. The van der Waals surface area contributed by atoms with Crippen LogP contribution in [0.25, 0.3) is 0 Å². The van der Waals surface area contributed by atoms with E-state index in [1.165, 1.54) is 7.11 Å². The summed E-state index contributed by atoms with van der Waals surface area (Å²) in [7, 11) is 1.29. The van der Waals surface area contributed by atoms with Crippen LogP contribution in [0.4, 0.5) is 4.79 Å². The average molecular weight is 408 g/mol. The smallest absolute Gasteiger partial charge is 0.407 e. The topological polar surface area (TPSA) is 156 Å². The van der Waals surface area contributed by atoms with Crippen LogP contribution in [0.2, 0.25) is 0 Å². The molecule has 0 aliphatic carbocycles. The Labute approximate surface area is 164 Å². The van der Waals surface area contributed by atoms with Crippen molar-refractivity contribution in [3.63, 3.8) is 0 Å². The van der Waals surface area contributed by atoms with Crippen LogP contribution in [0, 0.1) is 0 Å². The molecule has 0 aromatic heterocycles. The minimum Gasteiger partial charge on any atom is -0.469 e. The summed E-state index contributed by atoms with van der Waals surface area (Å²) in [5.74, 6) is -0.383. The number of aliphatic hydroxyl groups excluding tert-OH is 3. The second-order valence-electron chi connectivity index (χ2n) is 7.34. The Bertz CT molecular complexity index is 498. The third-order valence-corrected chi connectivity index (χ3v) is 3.80. The highest BCUT2D eigenvalue weighted by molar-refractivity contribution is 5.69. The molecule has 0 unspecified atom stereocenters. The zero-order chi connectivity index (χ0) is 21.3. The third kappa shape index (κ3) is 8.67. The molecule has 1 rings (SSSR count). The van der Waals surface area contributed by atoms with E-state index in [-0.39, 0.29) is 32.1 Å². The number of methoxy groups -OCH3 is 1. The molecule has 0 saturated carbocycles. The monoisotopic (exact) mass is 408 g/mol. The zero-order valence-electron chi connectivity index (χ0n) is 16.7. The van der Waals surface area contributed by atoms with E-state index in [2.05, 4.69) is 15.4 Å². The maximum absolute atomic E-state index is 11.6. The number of hydrogen-bond acceptors (Lipinski definition) is 10. The summed E-state index contributed by atoms with van der Waals surface area (Å²) < 4.78 is 20.5. The van der Waals surface area contributed by atoms with E-state index >= 15 is 0 Å². The van der Waals surface area contributed by atoms with Crippen molar-refractivity contribution in [3.05, 3.63) is 0 Å². The van der Waals surface area contributed by atoms with Gasteiger partial charge in [0.2, 0.25) is 0 Å². The molecular formula is C17H32N2O9. The number of carbonyl (C=O) groups is 2. The van der Waals surface area contributed by atoms with Crippen LogP contribution in [-0.4, -0.2) is 97.0 Å². The van der Waals surface area contributed by atoms with Crippen LogP contribution in [0.3, 0.4) is 0 Å². The van der Waals surface area contributed by atoms with Crippen molar-refractivity contribution in [2.75, 3.05) is 33.4 Å². The van der Waals surface area contributed by atoms with Gasteiger partial charge in [-0.15, -0.1) is 0 Å². The van der Waals surface area contributed by atoms with E-state index in [1.54, 1.807) is 20.8 Å². The molecule has 5 atom stereocenters. The number of ether oxygens (including phenoxy) is 4. The zero-order valence-corrected chi connectivity index (χ0v) is 16.7. The number of nitrogens with one attached hydrogen (secondary N) is 2. The van der Waals surface area contributed by atoms with Crippen molar-refractivity contribution in [1.82, 2.24) is 10.6 Å². The molecule has 11 heteroatoms. The first-order valence-corrected chi connectivity index (χ1v) is 9.11. The van der Waals surface area contributed by atoms with Gasteiger partial charge in [-0.25, -0.2) is 4.79 Å². The maximum Gasteiger partial charge on any atom is 0.407 e. The van der Waals surface area contributed by atoms with E-state index in [0.29, 0.717) is 6.54 Å². The fraction of sp³-hybridized carbons (Fsp3) is 0.882. The molecule has 11 nitrogen and oxygen atoms in total. The molecule has 0 bridgehead atoms. The third-order valence-electron chi connectivity index (χ3n) is 3.80. The number of esters is 1. The lowest BCUT2D eigenvalue weighted by atomic mass is 9.99. The van der Waals surface area contributed by atoms with Gasteiger partial charge in [-0.2, -0.15) is 0 Å². The molecule has 164 valence electrons. The van der Waals surface area contributed by atoms with Gasteiger partial charge < -0.3 is 44.9 Å². The predicted molar refractivity (Wildman–Crippen MR) is 96.4 cm³/mol. The van der Waals surface area contributed by atoms with E-state index in [0.717, 1.165) is 0 Å². The molecule has 0 aromatic carbocycles. The van der Waals surface area contributed by atoms with Crippen LogP contribution in [0.1, 0.15) is 27.2 Å². The second kappa shape index (κ2) is 11.5. The van der Waals surface area contributed by atoms with Crippen molar-refractivity contribution in [2.45, 2.75) is 63.5 Å². The molecule has 0 aromatic rings. The van der Waals surface area contributed by atoms with Crippen molar-refractivity contribution in [1.29, 1.82) is 0 Å². The van der Waals surface area contributed by atoms with Crippen LogP contribution < -0.4 is 10.6 Å². The number of rotatable bonds is 9. The van der Waals surface area contributed by atoms with Crippen LogP contribution in [0.15, 0.2) is 0 Å². The number of amides is 1. The Morgan fingerprint density at radius 2 is 1.75 bits per heavy atom. The van der Waals surface area contributed by atoms with Gasteiger partial charge in [-0.05, 0) is 20.8 Å². The summed E-state index contributed by atoms with van der Waals surface area (Å²) in [6, 6.07) is 0. The number of hydrogen-bond donors (Lipinski definition) is 5. The quantitative estimate of drug-likeness (QED) is 0.224. The Balaban J connectivity index is 2.39. The van der Waals surface area contributed by atoms with Gasteiger partial charge in [0.05, 0.1) is 20.1 Å². The second-order valence-corrected chi connectivity index (χ2v) is 7.34. The Hall–Kier alpha value is -1.50. The van der Waals surface area contributed by atoms with E-state index in [4.69, 9.17) is 14.2 Å². The van der Waals surface area contributed by atoms with Crippen LogP contribution >= 0.6 is 0 Å². The van der Waals surface area contributed by atoms with Crippen molar-refractivity contribution in [3.8, 4) is 0 Å². The van der Waals surface area contributed by atoms with E-state index in [9.17, 15) is 24.9 Å². The molecule has 5 N–H and O–H groups in total. The molecule has 1 aliphatic rings. The normalized spacial score (nSPS) is 27.9.